The number of rotatable bonds is 6. The molecule has 0 spiro atoms. The average Bonchev–Trinajstić information content (AvgIpc) is 2.13. The Labute approximate surface area is 97.8 Å². The van der Waals surface area contributed by atoms with Crippen molar-refractivity contribution >= 4 is 0 Å². The summed E-state index contributed by atoms with van der Waals surface area (Å²) in [6.07, 6.45) is 2.66. The monoisotopic (exact) mass is 212 g/mol. The Morgan fingerprint density at radius 3 is 1.73 bits per heavy atom. The van der Waals surface area contributed by atoms with E-state index in [-0.39, 0.29) is 0 Å². The van der Waals surface area contributed by atoms with Gasteiger partial charge in [0.25, 0.3) is 0 Å². The normalized spacial score (nSPS) is 19.0. The van der Waals surface area contributed by atoms with Gasteiger partial charge in [0.15, 0.2) is 0 Å². The summed E-state index contributed by atoms with van der Waals surface area (Å²) in [4.78, 5) is 0. The second kappa shape index (κ2) is 5.92. The van der Waals surface area contributed by atoms with Gasteiger partial charge in [-0.15, -0.1) is 0 Å². The largest absolute Gasteiger partial charge is 0.0651 e. The third-order valence-corrected chi connectivity index (χ3v) is 4.75. The molecule has 0 radical (unpaired) electrons. The van der Waals surface area contributed by atoms with Crippen LogP contribution in [0.5, 0.6) is 0 Å². The van der Waals surface area contributed by atoms with Crippen molar-refractivity contribution in [1.29, 1.82) is 0 Å². The highest BCUT2D eigenvalue weighted by Crippen LogP contribution is 2.42. The van der Waals surface area contributed by atoms with Crippen LogP contribution in [0.3, 0.4) is 0 Å². The third kappa shape index (κ3) is 4.17. The first-order chi connectivity index (χ1) is 6.73. The van der Waals surface area contributed by atoms with E-state index in [1.807, 2.05) is 0 Å². The second-order valence-electron chi connectivity index (χ2n) is 6.53. The molecule has 0 aliphatic carbocycles. The summed E-state index contributed by atoms with van der Waals surface area (Å²) in [5.74, 6) is 3.31. The lowest BCUT2D eigenvalue weighted by atomic mass is 9.64. The van der Waals surface area contributed by atoms with E-state index < -0.39 is 0 Å². The minimum Gasteiger partial charge on any atom is -0.0651 e. The lowest BCUT2D eigenvalue weighted by Crippen LogP contribution is -2.33. The van der Waals surface area contributed by atoms with Crippen LogP contribution in [-0.2, 0) is 0 Å². The van der Waals surface area contributed by atoms with Gasteiger partial charge >= 0.3 is 0 Å². The second-order valence-corrected chi connectivity index (χ2v) is 6.53. The third-order valence-electron chi connectivity index (χ3n) is 4.75. The van der Waals surface area contributed by atoms with Crippen molar-refractivity contribution in [1.82, 2.24) is 0 Å². The van der Waals surface area contributed by atoms with E-state index in [0.717, 1.165) is 23.7 Å². The van der Waals surface area contributed by atoms with Gasteiger partial charge in [-0.1, -0.05) is 61.8 Å². The summed E-state index contributed by atoms with van der Waals surface area (Å²) < 4.78 is 0. The van der Waals surface area contributed by atoms with Gasteiger partial charge in [-0.2, -0.15) is 0 Å². The molecule has 0 aromatic heterocycles. The molecule has 3 unspecified atom stereocenters. The van der Waals surface area contributed by atoms with Crippen molar-refractivity contribution in [2.75, 3.05) is 0 Å². The molecule has 0 aromatic carbocycles. The molecule has 15 heavy (non-hydrogen) atoms. The van der Waals surface area contributed by atoms with Crippen LogP contribution in [-0.4, -0.2) is 0 Å². The molecule has 0 heteroatoms. The highest BCUT2D eigenvalue weighted by molar-refractivity contribution is 4.83. The molecule has 0 aromatic rings. The van der Waals surface area contributed by atoms with Gasteiger partial charge in [0.05, 0.1) is 0 Å². The van der Waals surface area contributed by atoms with E-state index in [4.69, 9.17) is 0 Å². The Morgan fingerprint density at radius 2 is 1.40 bits per heavy atom. The zero-order chi connectivity index (χ0) is 12.2. The van der Waals surface area contributed by atoms with E-state index in [1.165, 1.54) is 12.8 Å². The quantitative estimate of drug-likeness (QED) is 0.554. The molecule has 0 aliphatic heterocycles. The van der Waals surface area contributed by atoms with Gasteiger partial charge in [-0.25, -0.2) is 0 Å². The Hall–Kier alpha value is 0. The van der Waals surface area contributed by atoms with Crippen molar-refractivity contribution in [2.45, 2.75) is 68.2 Å². The Balaban J connectivity index is 4.46. The maximum absolute atomic E-state index is 2.45. The molecule has 0 saturated heterocycles. The predicted molar refractivity (Wildman–Crippen MR) is 71.0 cm³/mol. The first-order valence-electron chi connectivity index (χ1n) is 6.73. The minimum absolute atomic E-state index is 0.475. The number of hydrogen-bond donors (Lipinski definition) is 0. The van der Waals surface area contributed by atoms with Crippen molar-refractivity contribution in [3.05, 3.63) is 0 Å². The molecule has 3 atom stereocenters. The van der Waals surface area contributed by atoms with E-state index in [2.05, 4.69) is 55.4 Å². The summed E-state index contributed by atoms with van der Waals surface area (Å²) in [5, 5.41) is 0. The summed E-state index contributed by atoms with van der Waals surface area (Å²) >= 11 is 0. The molecule has 0 N–H and O–H groups in total. The lowest BCUT2D eigenvalue weighted by molar-refractivity contribution is 0.0843. The van der Waals surface area contributed by atoms with E-state index in [0.29, 0.717) is 5.41 Å². The van der Waals surface area contributed by atoms with Crippen LogP contribution in [0.15, 0.2) is 0 Å². The predicted octanol–water partition coefficient (Wildman–Crippen LogP) is 5.38. The standard InChI is InChI=1S/C15H32/c1-9-13(5)15(7,8)14(6)12(4)10-11(2)3/h11-14H,9-10H2,1-8H3. The molecule has 0 saturated carbocycles. The SMILES string of the molecule is CCC(C)C(C)(C)C(C)C(C)CC(C)C. The molecular formula is C15H32. The van der Waals surface area contributed by atoms with Crippen molar-refractivity contribution < 1.29 is 0 Å². The van der Waals surface area contributed by atoms with Crippen LogP contribution < -0.4 is 0 Å². The van der Waals surface area contributed by atoms with Gasteiger partial charge in [0.1, 0.15) is 0 Å². The molecule has 0 heterocycles. The molecule has 0 fully saturated rings. The molecule has 0 rings (SSSR count). The molecule has 0 bridgehead atoms. The van der Waals surface area contributed by atoms with Crippen molar-refractivity contribution in [2.24, 2.45) is 29.1 Å². The molecule has 92 valence electrons. The van der Waals surface area contributed by atoms with E-state index in [9.17, 15) is 0 Å². The fourth-order valence-corrected chi connectivity index (χ4v) is 2.66. The van der Waals surface area contributed by atoms with Gasteiger partial charge in [0, 0.05) is 0 Å². The fourth-order valence-electron chi connectivity index (χ4n) is 2.66. The zero-order valence-electron chi connectivity index (χ0n) is 12.2. The summed E-state index contributed by atoms with van der Waals surface area (Å²) in [6, 6.07) is 0. The highest BCUT2D eigenvalue weighted by Gasteiger charge is 2.33. The van der Waals surface area contributed by atoms with Gasteiger partial charge in [-0.05, 0) is 35.5 Å². The lowest BCUT2D eigenvalue weighted by Gasteiger charge is -2.41. The Kier molecular flexibility index (Phi) is 5.92. The topological polar surface area (TPSA) is 0 Å². The maximum Gasteiger partial charge on any atom is -0.0300 e. The van der Waals surface area contributed by atoms with Gasteiger partial charge in [0.2, 0.25) is 0 Å². The Morgan fingerprint density at radius 1 is 0.933 bits per heavy atom. The van der Waals surface area contributed by atoms with Gasteiger partial charge < -0.3 is 0 Å². The van der Waals surface area contributed by atoms with Gasteiger partial charge in [-0.3, -0.25) is 0 Å². The van der Waals surface area contributed by atoms with Crippen LogP contribution in [0.1, 0.15) is 68.2 Å². The average molecular weight is 212 g/mol. The van der Waals surface area contributed by atoms with Crippen LogP contribution in [0.25, 0.3) is 0 Å². The Bertz CT molecular complexity index is 167. The number of hydrogen-bond acceptors (Lipinski definition) is 0. The first kappa shape index (κ1) is 15.0. The molecular weight excluding hydrogens is 180 g/mol. The zero-order valence-corrected chi connectivity index (χ0v) is 12.2. The van der Waals surface area contributed by atoms with Crippen molar-refractivity contribution in [3.63, 3.8) is 0 Å². The molecule has 0 aliphatic rings. The van der Waals surface area contributed by atoms with Crippen LogP contribution in [0, 0.1) is 29.1 Å². The fraction of sp³-hybridized carbons (Fsp3) is 1.00. The van der Waals surface area contributed by atoms with E-state index in [1.54, 1.807) is 0 Å². The van der Waals surface area contributed by atoms with Crippen LogP contribution >= 0.6 is 0 Å². The molecule has 0 nitrogen and oxygen atoms in total. The smallest absolute Gasteiger partial charge is 0.0300 e. The maximum atomic E-state index is 2.45. The molecule has 0 amide bonds. The highest BCUT2D eigenvalue weighted by atomic mass is 14.4. The van der Waals surface area contributed by atoms with Crippen LogP contribution in [0.2, 0.25) is 0 Å². The summed E-state index contributed by atoms with van der Waals surface area (Å²) in [6.45, 7) is 19.1. The summed E-state index contributed by atoms with van der Waals surface area (Å²) in [7, 11) is 0. The summed E-state index contributed by atoms with van der Waals surface area (Å²) in [5.41, 5.74) is 0.475. The first-order valence-corrected chi connectivity index (χ1v) is 6.73. The minimum atomic E-state index is 0.475. The van der Waals surface area contributed by atoms with Crippen molar-refractivity contribution in [3.8, 4) is 0 Å². The van der Waals surface area contributed by atoms with Crippen LogP contribution in [0.4, 0.5) is 0 Å². The van der Waals surface area contributed by atoms with E-state index >= 15 is 0 Å².